The van der Waals surface area contributed by atoms with Crippen LogP contribution in [0.1, 0.15) is 34.5 Å². The fraction of sp³-hybridized carbons (Fsp3) is 0.222. The third-order valence-corrected chi connectivity index (χ3v) is 3.55. The molecule has 0 spiro atoms. The van der Waals surface area contributed by atoms with Crippen LogP contribution in [0.5, 0.6) is 5.75 Å². The second kappa shape index (κ2) is 7.45. The zero-order valence-electron chi connectivity index (χ0n) is 13.1. The van der Waals surface area contributed by atoms with Gasteiger partial charge in [-0.2, -0.15) is 0 Å². The molecule has 2 aromatic rings. The number of aromatic carboxylic acids is 1. The van der Waals surface area contributed by atoms with Crippen molar-refractivity contribution in [2.75, 3.05) is 7.11 Å². The maximum atomic E-state index is 12.1. The minimum absolute atomic E-state index is 0.133. The molecule has 0 aromatic heterocycles. The summed E-state index contributed by atoms with van der Waals surface area (Å²) < 4.78 is 5.29. The summed E-state index contributed by atoms with van der Waals surface area (Å²) in [6.07, 6.45) is 0.194. The van der Waals surface area contributed by atoms with Crippen molar-refractivity contribution in [3.8, 4) is 5.75 Å². The van der Waals surface area contributed by atoms with Crippen LogP contribution >= 0.6 is 0 Å². The molecule has 2 rings (SSSR count). The van der Waals surface area contributed by atoms with Crippen LogP contribution in [-0.4, -0.2) is 24.1 Å². The normalized spacial score (nSPS) is 11.6. The molecule has 0 radical (unpaired) electrons. The number of rotatable bonds is 6. The Labute approximate surface area is 134 Å². The molecule has 5 nitrogen and oxygen atoms in total. The Kier molecular flexibility index (Phi) is 5.36. The van der Waals surface area contributed by atoms with Crippen molar-refractivity contribution in [1.82, 2.24) is 5.32 Å². The molecule has 0 saturated heterocycles. The standard InChI is InChI=1S/C18H19NO4/c1-12(15-5-3-4-6-16(15)23-2)19-17(20)11-13-7-9-14(10-8-13)18(21)22/h3-10,12H,11H2,1-2H3,(H,19,20)(H,21,22)/t12-/m0/s1. The number of amides is 1. The Bertz CT molecular complexity index is 694. The Morgan fingerprint density at radius 2 is 1.78 bits per heavy atom. The molecule has 0 aliphatic heterocycles. The molecule has 0 heterocycles. The molecule has 2 aromatic carbocycles. The minimum atomic E-state index is -0.981. The number of carboxylic acids is 1. The molecule has 0 saturated carbocycles. The third-order valence-electron chi connectivity index (χ3n) is 3.55. The van der Waals surface area contributed by atoms with Crippen molar-refractivity contribution < 1.29 is 19.4 Å². The first kappa shape index (κ1) is 16.5. The molecule has 120 valence electrons. The molecule has 0 aliphatic rings. The lowest BCUT2D eigenvalue weighted by Gasteiger charge is -2.17. The molecule has 1 amide bonds. The van der Waals surface area contributed by atoms with Gasteiger partial charge in [0.2, 0.25) is 5.91 Å². The fourth-order valence-electron chi connectivity index (χ4n) is 2.34. The van der Waals surface area contributed by atoms with Gasteiger partial charge < -0.3 is 15.2 Å². The zero-order valence-corrected chi connectivity index (χ0v) is 13.1. The van der Waals surface area contributed by atoms with Crippen LogP contribution in [0.25, 0.3) is 0 Å². The summed E-state index contributed by atoms with van der Waals surface area (Å²) >= 11 is 0. The van der Waals surface area contributed by atoms with Gasteiger partial charge in [0.15, 0.2) is 0 Å². The Morgan fingerprint density at radius 3 is 2.39 bits per heavy atom. The van der Waals surface area contributed by atoms with E-state index in [1.165, 1.54) is 12.1 Å². The van der Waals surface area contributed by atoms with E-state index in [0.717, 1.165) is 16.9 Å². The number of carbonyl (C=O) groups is 2. The average molecular weight is 313 g/mol. The maximum absolute atomic E-state index is 12.1. The predicted octanol–water partition coefficient (Wildman–Crippen LogP) is 2.81. The lowest BCUT2D eigenvalue weighted by molar-refractivity contribution is -0.121. The number of carboxylic acid groups (broad SMARTS) is 1. The molecule has 5 heteroatoms. The zero-order chi connectivity index (χ0) is 16.8. The Balaban J connectivity index is 2.00. The predicted molar refractivity (Wildman–Crippen MR) is 86.7 cm³/mol. The van der Waals surface area contributed by atoms with Gasteiger partial charge in [-0.25, -0.2) is 4.79 Å². The van der Waals surface area contributed by atoms with Crippen molar-refractivity contribution in [2.24, 2.45) is 0 Å². The first-order valence-corrected chi connectivity index (χ1v) is 7.25. The first-order chi connectivity index (χ1) is 11.0. The summed E-state index contributed by atoms with van der Waals surface area (Å²) in [6.45, 7) is 1.89. The van der Waals surface area contributed by atoms with Crippen LogP contribution < -0.4 is 10.1 Å². The summed E-state index contributed by atoms with van der Waals surface area (Å²) in [5, 5.41) is 11.8. The SMILES string of the molecule is COc1ccccc1[C@H](C)NC(=O)Cc1ccc(C(=O)O)cc1. The average Bonchev–Trinajstić information content (AvgIpc) is 2.55. The number of ether oxygens (including phenoxy) is 1. The quantitative estimate of drug-likeness (QED) is 0.860. The molecular weight excluding hydrogens is 294 g/mol. The van der Waals surface area contributed by atoms with E-state index in [4.69, 9.17) is 9.84 Å². The van der Waals surface area contributed by atoms with Crippen LogP contribution in [0.2, 0.25) is 0 Å². The number of carbonyl (C=O) groups excluding carboxylic acids is 1. The molecule has 0 bridgehead atoms. The van der Waals surface area contributed by atoms with Gasteiger partial charge in [0, 0.05) is 5.56 Å². The summed E-state index contributed by atoms with van der Waals surface area (Å²) in [4.78, 5) is 23.0. The van der Waals surface area contributed by atoms with Gasteiger partial charge in [-0.15, -0.1) is 0 Å². The van der Waals surface area contributed by atoms with Crippen molar-refractivity contribution in [3.05, 3.63) is 65.2 Å². The number of methoxy groups -OCH3 is 1. The van der Waals surface area contributed by atoms with E-state index in [1.807, 2.05) is 31.2 Å². The van der Waals surface area contributed by atoms with Crippen LogP contribution in [0.15, 0.2) is 48.5 Å². The van der Waals surface area contributed by atoms with Crippen molar-refractivity contribution in [1.29, 1.82) is 0 Å². The topological polar surface area (TPSA) is 75.6 Å². The highest BCUT2D eigenvalue weighted by Crippen LogP contribution is 2.24. The lowest BCUT2D eigenvalue weighted by Crippen LogP contribution is -2.28. The monoisotopic (exact) mass is 313 g/mol. The highest BCUT2D eigenvalue weighted by molar-refractivity contribution is 5.87. The van der Waals surface area contributed by atoms with Crippen molar-refractivity contribution >= 4 is 11.9 Å². The lowest BCUT2D eigenvalue weighted by atomic mass is 10.1. The highest BCUT2D eigenvalue weighted by atomic mass is 16.5. The number of para-hydroxylation sites is 1. The van der Waals surface area contributed by atoms with Gasteiger partial charge in [0.05, 0.1) is 25.1 Å². The van der Waals surface area contributed by atoms with Crippen LogP contribution in [0.4, 0.5) is 0 Å². The van der Waals surface area contributed by atoms with E-state index < -0.39 is 5.97 Å². The van der Waals surface area contributed by atoms with Gasteiger partial charge >= 0.3 is 5.97 Å². The van der Waals surface area contributed by atoms with E-state index in [2.05, 4.69) is 5.32 Å². The summed E-state index contributed by atoms with van der Waals surface area (Å²) in [5.74, 6) is -0.386. The Hall–Kier alpha value is -2.82. The summed E-state index contributed by atoms with van der Waals surface area (Å²) in [6, 6.07) is 13.6. The molecule has 0 aliphatic carbocycles. The summed E-state index contributed by atoms with van der Waals surface area (Å²) in [7, 11) is 1.59. The minimum Gasteiger partial charge on any atom is -0.496 e. The number of benzene rings is 2. The van der Waals surface area contributed by atoms with Gasteiger partial charge in [0.25, 0.3) is 0 Å². The molecule has 0 fully saturated rings. The highest BCUT2D eigenvalue weighted by Gasteiger charge is 2.14. The van der Waals surface area contributed by atoms with Crippen LogP contribution in [0.3, 0.4) is 0 Å². The van der Waals surface area contributed by atoms with Gasteiger partial charge in [-0.3, -0.25) is 4.79 Å². The summed E-state index contributed by atoms with van der Waals surface area (Å²) in [5.41, 5.74) is 1.88. The van der Waals surface area contributed by atoms with Gasteiger partial charge in [-0.1, -0.05) is 30.3 Å². The molecule has 1 atom stereocenters. The smallest absolute Gasteiger partial charge is 0.335 e. The van der Waals surface area contributed by atoms with Crippen molar-refractivity contribution in [3.63, 3.8) is 0 Å². The van der Waals surface area contributed by atoms with Crippen molar-refractivity contribution in [2.45, 2.75) is 19.4 Å². The molecular formula is C18H19NO4. The molecule has 2 N–H and O–H groups in total. The van der Waals surface area contributed by atoms with E-state index >= 15 is 0 Å². The number of nitrogens with one attached hydrogen (secondary N) is 1. The third kappa shape index (κ3) is 4.32. The molecule has 0 unspecified atom stereocenters. The van der Waals surface area contributed by atoms with Gasteiger partial charge in [0.1, 0.15) is 5.75 Å². The van der Waals surface area contributed by atoms with E-state index in [9.17, 15) is 9.59 Å². The maximum Gasteiger partial charge on any atom is 0.335 e. The first-order valence-electron chi connectivity index (χ1n) is 7.25. The second-order valence-corrected chi connectivity index (χ2v) is 5.21. The van der Waals surface area contributed by atoms with Crippen LogP contribution in [0, 0.1) is 0 Å². The fourth-order valence-corrected chi connectivity index (χ4v) is 2.34. The van der Waals surface area contributed by atoms with E-state index in [0.29, 0.717) is 0 Å². The molecule has 23 heavy (non-hydrogen) atoms. The van der Waals surface area contributed by atoms with Crippen LogP contribution in [-0.2, 0) is 11.2 Å². The van der Waals surface area contributed by atoms with E-state index in [-0.39, 0.29) is 23.9 Å². The number of hydrogen-bond donors (Lipinski definition) is 2. The second-order valence-electron chi connectivity index (χ2n) is 5.21. The number of hydrogen-bond acceptors (Lipinski definition) is 3. The van der Waals surface area contributed by atoms with Gasteiger partial charge in [-0.05, 0) is 30.7 Å². The largest absolute Gasteiger partial charge is 0.496 e. The Morgan fingerprint density at radius 1 is 1.13 bits per heavy atom. The van der Waals surface area contributed by atoms with E-state index in [1.54, 1.807) is 19.2 Å².